The normalized spacial score (nSPS) is 17.3. The summed E-state index contributed by atoms with van der Waals surface area (Å²) in [5, 5.41) is 11.7. The Morgan fingerprint density at radius 3 is 2.56 bits per heavy atom. The van der Waals surface area contributed by atoms with Gasteiger partial charge in [-0.05, 0) is 50.2 Å². The molecule has 2 aromatic carbocycles. The molecule has 0 radical (unpaired) electrons. The number of halogens is 2. The molecule has 1 N–H and O–H groups in total. The van der Waals surface area contributed by atoms with E-state index in [0.717, 1.165) is 0 Å². The van der Waals surface area contributed by atoms with E-state index in [1.54, 1.807) is 43.3 Å². The highest BCUT2D eigenvalue weighted by atomic mass is 35.5. The minimum absolute atomic E-state index is 0.0781. The molecule has 9 heteroatoms. The fraction of sp³-hybridized carbons (Fsp3) is 0.200. The van der Waals surface area contributed by atoms with E-state index >= 15 is 0 Å². The van der Waals surface area contributed by atoms with E-state index in [9.17, 15) is 14.7 Å². The molecule has 0 bridgehead atoms. The topological polar surface area (TPSA) is 89.2 Å². The Balaban J connectivity index is 1.97. The van der Waals surface area contributed by atoms with Crippen LogP contribution in [-0.4, -0.2) is 30.5 Å². The van der Waals surface area contributed by atoms with Crippen LogP contribution in [0.1, 0.15) is 30.0 Å². The Morgan fingerprint density at radius 1 is 1.15 bits per heavy atom. The number of rotatable bonds is 6. The first-order valence-electron chi connectivity index (χ1n) is 10.4. The van der Waals surface area contributed by atoms with Crippen molar-refractivity contribution >= 4 is 46.3 Å². The van der Waals surface area contributed by atoms with Crippen molar-refractivity contribution in [3.8, 4) is 11.5 Å². The van der Waals surface area contributed by atoms with Gasteiger partial charge in [0.15, 0.2) is 0 Å². The quantitative estimate of drug-likeness (QED) is 0.255. The van der Waals surface area contributed by atoms with Crippen LogP contribution in [0.4, 0.5) is 5.69 Å². The van der Waals surface area contributed by atoms with Gasteiger partial charge in [0.25, 0.3) is 11.7 Å². The van der Waals surface area contributed by atoms with Crippen molar-refractivity contribution in [2.24, 2.45) is 0 Å². The van der Waals surface area contributed by atoms with Crippen LogP contribution in [0.3, 0.4) is 0 Å². The number of nitrogens with zero attached hydrogens (tertiary/aromatic N) is 1. The number of aryl methyl sites for hydroxylation is 1. The highest BCUT2D eigenvalue weighted by molar-refractivity contribution is 6.51. The summed E-state index contributed by atoms with van der Waals surface area (Å²) in [6, 6.07) is 12.0. The van der Waals surface area contributed by atoms with E-state index in [2.05, 4.69) is 0 Å². The second-order valence-electron chi connectivity index (χ2n) is 7.52. The first-order valence-corrected chi connectivity index (χ1v) is 11.2. The number of methoxy groups -OCH3 is 1. The number of benzene rings is 2. The Bertz CT molecular complexity index is 1310. The number of amides is 1. The number of ketones is 1. The molecule has 1 aliphatic rings. The number of carbonyl (C=O) groups excluding carboxylic acids is 2. The second kappa shape index (κ2) is 9.44. The fourth-order valence-corrected chi connectivity index (χ4v) is 4.52. The summed E-state index contributed by atoms with van der Waals surface area (Å²) < 4.78 is 16.7. The standard InChI is InChI=1S/C25H21Cl2NO6/c1-4-33-16-7-5-6-15(12-16)28-21(19-9-8-13(2)34-19)20(23(30)25(28)31)22(29)17-10-14(26)11-18(27)24(17)32-3/h5-12,21,29H,4H2,1-3H3/b22-20+. The maximum atomic E-state index is 13.3. The molecule has 1 fully saturated rings. The first kappa shape index (κ1) is 23.7. The molecule has 1 aliphatic heterocycles. The fourth-order valence-electron chi connectivity index (χ4n) is 3.95. The molecule has 34 heavy (non-hydrogen) atoms. The first-order chi connectivity index (χ1) is 16.3. The largest absolute Gasteiger partial charge is 0.507 e. The molecule has 1 saturated heterocycles. The molecule has 1 amide bonds. The van der Waals surface area contributed by atoms with Crippen molar-refractivity contribution < 1.29 is 28.6 Å². The highest BCUT2D eigenvalue weighted by Crippen LogP contribution is 2.45. The van der Waals surface area contributed by atoms with Gasteiger partial charge in [0.1, 0.15) is 34.8 Å². The van der Waals surface area contributed by atoms with Crippen LogP contribution in [0, 0.1) is 6.92 Å². The smallest absolute Gasteiger partial charge is 0.300 e. The van der Waals surface area contributed by atoms with Crippen LogP contribution in [0.25, 0.3) is 5.76 Å². The lowest BCUT2D eigenvalue weighted by molar-refractivity contribution is -0.132. The van der Waals surface area contributed by atoms with Gasteiger partial charge >= 0.3 is 0 Å². The Labute approximate surface area is 206 Å². The van der Waals surface area contributed by atoms with Gasteiger partial charge in [0, 0.05) is 16.8 Å². The molecule has 0 spiro atoms. The van der Waals surface area contributed by atoms with E-state index in [0.29, 0.717) is 29.6 Å². The van der Waals surface area contributed by atoms with Crippen molar-refractivity contribution in [2.75, 3.05) is 18.6 Å². The summed E-state index contributed by atoms with van der Waals surface area (Å²) in [5.74, 6) is -0.693. The van der Waals surface area contributed by atoms with Crippen molar-refractivity contribution in [1.29, 1.82) is 0 Å². The number of aliphatic hydroxyl groups excluding tert-OH is 1. The number of hydrogen-bond acceptors (Lipinski definition) is 6. The lowest BCUT2D eigenvalue weighted by Gasteiger charge is -2.24. The molecule has 2 heterocycles. The summed E-state index contributed by atoms with van der Waals surface area (Å²) in [5.41, 5.74) is 0.300. The molecule has 176 valence electrons. The highest BCUT2D eigenvalue weighted by Gasteiger charge is 2.48. The van der Waals surface area contributed by atoms with Crippen LogP contribution in [0.2, 0.25) is 10.0 Å². The third kappa shape index (κ3) is 4.13. The molecule has 0 saturated carbocycles. The molecule has 3 aromatic rings. The van der Waals surface area contributed by atoms with Crippen molar-refractivity contribution in [3.05, 3.63) is 81.2 Å². The van der Waals surface area contributed by atoms with Gasteiger partial charge in [-0.3, -0.25) is 14.5 Å². The number of ether oxygens (including phenoxy) is 2. The summed E-state index contributed by atoms with van der Waals surface area (Å²) >= 11 is 12.4. The number of aliphatic hydroxyl groups is 1. The number of Topliss-reactive ketones (excluding diaryl/α,β-unsaturated/α-hetero) is 1. The minimum atomic E-state index is -1.05. The predicted octanol–water partition coefficient (Wildman–Crippen LogP) is 5.93. The molecule has 7 nitrogen and oxygen atoms in total. The summed E-state index contributed by atoms with van der Waals surface area (Å²) in [6.45, 7) is 4.01. The molecule has 4 rings (SSSR count). The number of furan rings is 1. The van der Waals surface area contributed by atoms with Crippen molar-refractivity contribution in [2.45, 2.75) is 19.9 Å². The van der Waals surface area contributed by atoms with E-state index in [-0.39, 0.29) is 26.9 Å². The molecule has 1 unspecified atom stereocenters. The van der Waals surface area contributed by atoms with Crippen LogP contribution >= 0.6 is 23.2 Å². The number of anilines is 1. The van der Waals surface area contributed by atoms with Gasteiger partial charge in [-0.1, -0.05) is 29.3 Å². The zero-order chi connectivity index (χ0) is 24.6. The van der Waals surface area contributed by atoms with E-state index in [1.807, 2.05) is 6.92 Å². The summed E-state index contributed by atoms with van der Waals surface area (Å²) in [7, 11) is 1.37. The van der Waals surface area contributed by atoms with Crippen LogP contribution in [0.5, 0.6) is 11.5 Å². The van der Waals surface area contributed by atoms with Crippen LogP contribution in [0.15, 0.2) is 58.5 Å². The maximum absolute atomic E-state index is 13.3. The average molecular weight is 502 g/mol. The predicted molar refractivity (Wildman–Crippen MR) is 129 cm³/mol. The monoisotopic (exact) mass is 501 g/mol. The van der Waals surface area contributed by atoms with Gasteiger partial charge in [-0.15, -0.1) is 0 Å². The summed E-state index contributed by atoms with van der Waals surface area (Å²) in [6.07, 6.45) is 0. The maximum Gasteiger partial charge on any atom is 0.300 e. The molecule has 0 aliphatic carbocycles. The Morgan fingerprint density at radius 2 is 1.91 bits per heavy atom. The van der Waals surface area contributed by atoms with E-state index in [1.165, 1.54) is 24.1 Å². The average Bonchev–Trinajstić information content (AvgIpc) is 3.34. The van der Waals surface area contributed by atoms with Gasteiger partial charge in [-0.25, -0.2) is 0 Å². The zero-order valence-corrected chi connectivity index (χ0v) is 20.1. The van der Waals surface area contributed by atoms with Crippen LogP contribution in [-0.2, 0) is 9.59 Å². The zero-order valence-electron chi connectivity index (χ0n) is 18.6. The van der Waals surface area contributed by atoms with Crippen LogP contribution < -0.4 is 14.4 Å². The van der Waals surface area contributed by atoms with Gasteiger partial charge in [0.2, 0.25) is 0 Å². The lowest BCUT2D eigenvalue weighted by atomic mass is 9.98. The minimum Gasteiger partial charge on any atom is -0.507 e. The molecular weight excluding hydrogens is 481 g/mol. The third-order valence-corrected chi connectivity index (χ3v) is 5.85. The molecule has 1 atom stereocenters. The van der Waals surface area contributed by atoms with Crippen molar-refractivity contribution in [3.63, 3.8) is 0 Å². The molecular formula is C25H21Cl2NO6. The van der Waals surface area contributed by atoms with E-state index in [4.69, 9.17) is 37.1 Å². The molecule has 1 aromatic heterocycles. The van der Waals surface area contributed by atoms with Crippen molar-refractivity contribution in [1.82, 2.24) is 0 Å². The van der Waals surface area contributed by atoms with E-state index < -0.39 is 23.5 Å². The Kier molecular flexibility index (Phi) is 6.59. The SMILES string of the molecule is CCOc1cccc(N2C(=O)C(=O)/C(=C(/O)c3cc(Cl)cc(Cl)c3OC)C2c2ccc(C)o2)c1. The van der Waals surface area contributed by atoms with Gasteiger partial charge in [0.05, 0.1) is 29.9 Å². The second-order valence-corrected chi connectivity index (χ2v) is 8.36. The van der Waals surface area contributed by atoms with Gasteiger partial charge < -0.3 is 19.0 Å². The van der Waals surface area contributed by atoms with Gasteiger partial charge in [-0.2, -0.15) is 0 Å². The third-order valence-electron chi connectivity index (χ3n) is 5.35. The lowest BCUT2D eigenvalue weighted by Crippen LogP contribution is -2.29. The summed E-state index contributed by atoms with van der Waals surface area (Å²) in [4.78, 5) is 27.8. The Hall–Kier alpha value is -3.42. The number of hydrogen-bond donors (Lipinski definition) is 1. The number of carbonyl (C=O) groups is 2.